The molecule has 2 aromatic rings. The predicted octanol–water partition coefficient (Wildman–Crippen LogP) is 1.64. The third-order valence-electron chi connectivity index (χ3n) is 11.8. The normalized spacial score (nSPS) is 19.7. The lowest BCUT2D eigenvalue weighted by atomic mass is 10.0. The Balaban J connectivity index is 1.23. The zero-order chi connectivity index (χ0) is 49.4. The number of alkyl carbamates (subject to hydrolysis) is 1. The number of nitrogens with zero attached hydrogens (tertiary/aromatic N) is 4. The molecule has 3 fully saturated rings. The molecular weight excluding hydrogens is 879 g/mol. The van der Waals surface area contributed by atoms with Gasteiger partial charge < -0.3 is 56.3 Å². The zero-order valence-electron chi connectivity index (χ0n) is 39.4. The number of amides is 7. The van der Waals surface area contributed by atoms with E-state index in [0.29, 0.717) is 56.5 Å². The summed E-state index contributed by atoms with van der Waals surface area (Å²) >= 11 is 0. The van der Waals surface area contributed by atoms with Gasteiger partial charge in [0.25, 0.3) is 0 Å². The topological polar surface area (TPSA) is 271 Å². The number of likely N-dealkylation sites (tertiary alicyclic amines) is 3. The van der Waals surface area contributed by atoms with Crippen molar-refractivity contribution >= 4 is 53.3 Å². The second-order valence-corrected chi connectivity index (χ2v) is 18.4. The first-order valence-corrected chi connectivity index (χ1v) is 23.3. The van der Waals surface area contributed by atoms with Crippen LogP contribution in [0.25, 0.3) is 0 Å². The maximum Gasteiger partial charge on any atom is 0.408 e. The van der Waals surface area contributed by atoms with Gasteiger partial charge in [-0.05, 0) is 90.2 Å². The van der Waals surface area contributed by atoms with Crippen LogP contribution in [0.2, 0.25) is 0 Å². The quantitative estimate of drug-likeness (QED) is 0.0593. The van der Waals surface area contributed by atoms with Gasteiger partial charge in [-0.2, -0.15) is 0 Å². The van der Waals surface area contributed by atoms with Crippen LogP contribution < -0.4 is 27.0 Å². The Labute approximate surface area is 397 Å². The molecule has 6 atom stereocenters. The minimum absolute atomic E-state index is 0.0105. The second-order valence-electron chi connectivity index (χ2n) is 18.4. The largest absolute Gasteiger partial charge is 0.480 e. The standard InChI is InChI=1S/C48H67N9O11/c1-31(49)50-23-11-19-34(54-47(66)68-48(2,3)4)43(61)56-25-13-21-38(56)45(63)55-24-12-20-37(55)42(60)51-28-40(58)52-35(27-32-15-7-5-8-16-32)41(59)53-36(30-67-29-33-17-9-6-10-18-33)44(62)57-26-14-22-39(57)46(64)65/h5-10,15-18,34-39H,11-14,19-30H2,1-4H3,(H2,49,50)(H,51,60)(H,52,58)(H,53,59)(H,54,66)(H,64,65). The van der Waals surface area contributed by atoms with Crippen LogP contribution in [0.1, 0.15) is 90.2 Å². The number of ether oxygens (including phenoxy) is 2. The predicted molar refractivity (Wildman–Crippen MR) is 250 cm³/mol. The summed E-state index contributed by atoms with van der Waals surface area (Å²) < 4.78 is 11.3. The number of rotatable bonds is 21. The van der Waals surface area contributed by atoms with Crippen molar-refractivity contribution in [3.63, 3.8) is 0 Å². The summed E-state index contributed by atoms with van der Waals surface area (Å²) in [5, 5.41) is 20.5. The molecule has 0 saturated carbocycles. The Bertz CT molecular complexity index is 2110. The molecule has 0 aliphatic carbocycles. The third kappa shape index (κ3) is 15.5. The zero-order valence-corrected chi connectivity index (χ0v) is 39.4. The van der Waals surface area contributed by atoms with Gasteiger partial charge in [0.2, 0.25) is 35.4 Å². The van der Waals surface area contributed by atoms with E-state index in [-0.39, 0.29) is 52.1 Å². The molecule has 68 heavy (non-hydrogen) atoms. The number of amidine groups is 1. The van der Waals surface area contributed by atoms with Crippen LogP contribution in [-0.2, 0) is 56.1 Å². The van der Waals surface area contributed by atoms with Crippen molar-refractivity contribution in [2.45, 2.75) is 134 Å². The minimum Gasteiger partial charge on any atom is -0.480 e. The number of aliphatic imine (C=N–C) groups is 1. The van der Waals surface area contributed by atoms with Crippen molar-refractivity contribution in [3.05, 3.63) is 71.8 Å². The highest BCUT2D eigenvalue weighted by Crippen LogP contribution is 2.26. The van der Waals surface area contributed by atoms with Gasteiger partial charge in [-0.25, -0.2) is 9.59 Å². The summed E-state index contributed by atoms with van der Waals surface area (Å²) in [6.45, 7) is 7.09. The number of nitrogens with two attached hydrogens (primary N) is 1. The molecule has 20 heteroatoms. The number of carboxylic acid groups (broad SMARTS) is 1. The summed E-state index contributed by atoms with van der Waals surface area (Å²) in [6.07, 6.45) is 2.29. The molecule has 3 aliphatic rings. The number of carboxylic acids is 1. The van der Waals surface area contributed by atoms with Crippen LogP contribution in [-0.4, -0.2) is 154 Å². The SMILES string of the molecule is CC(N)=NCCCC(NC(=O)OC(C)(C)C)C(=O)N1CCCC1C(=O)N1CCCC1C(=O)NCC(=O)NC(Cc1ccccc1)C(=O)NC(COCc1ccccc1)C(=O)N1CCCC1C(=O)O. The number of carbonyl (C=O) groups is 8. The number of hydrogen-bond donors (Lipinski definition) is 6. The molecule has 0 aromatic heterocycles. The molecule has 6 unspecified atom stereocenters. The Morgan fingerprint density at radius 2 is 1.32 bits per heavy atom. The highest BCUT2D eigenvalue weighted by Gasteiger charge is 2.44. The van der Waals surface area contributed by atoms with E-state index in [0.717, 1.165) is 5.56 Å². The first-order valence-electron chi connectivity index (χ1n) is 23.3. The molecule has 3 aliphatic heterocycles. The van der Waals surface area contributed by atoms with Crippen molar-refractivity contribution in [1.82, 2.24) is 36.0 Å². The van der Waals surface area contributed by atoms with E-state index in [1.54, 1.807) is 58.0 Å². The van der Waals surface area contributed by atoms with Gasteiger partial charge in [0.15, 0.2) is 0 Å². The van der Waals surface area contributed by atoms with E-state index >= 15 is 0 Å². The Morgan fingerprint density at radius 3 is 1.94 bits per heavy atom. The molecule has 7 N–H and O–H groups in total. The minimum atomic E-state index is -1.29. The van der Waals surface area contributed by atoms with Crippen molar-refractivity contribution in [3.8, 4) is 0 Å². The van der Waals surface area contributed by atoms with E-state index in [1.165, 1.54) is 14.7 Å². The molecule has 5 rings (SSSR count). The van der Waals surface area contributed by atoms with Gasteiger partial charge in [-0.3, -0.25) is 33.8 Å². The molecule has 7 amide bonds. The van der Waals surface area contributed by atoms with Gasteiger partial charge in [0.1, 0.15) is 41.9 Å². The summed E-state index contributed by atoms with van der Waals surface area (Å²) in [7, 11) is 0. The summed E-state index contributed by atoms with van der Waals surface area (Å²) in [5.41, 5.74) is 6.37. The summed E-state index contributed by atoms with van der Waals surface area (Å²) in [6, 6.07) is 11.6. The summed E-state index contributed by atoms with van der Waals surface area (Å²) in [4.78, 5) is 117. The first-order chi connectivity index (χ1) is 32.4. The van der Waals surface area contributed by atoms with Crippen LogP contribution in [0, 0.1) is 0 Å². The highest BCUT2D eigenvalue weighted by molar-refractivity contribution is 5.97. The lowest BCUT2D eigenvalue weighted by Crippen LogP contribution is -2.58. The van der Waals surface area contributed by atoms with E-state index < -0.39 is 95.9 Å². The molecule has 2 aromatic carbocycles. The molecule has 0 radical (unpaired) electrons. The van der Waals surface area contributed by atoms with Gasteiger partial charge in [0, 0.05) is 32.6 Å². The van der Waals surface area contributed by atoms with E-state index in [2.05, 4.69) is 26.3 Å². The van der Waals surface area contributed by atoms with Gasteiger partial charge in [0.05, 0.1) is 25.6 Å². The third-order valence-corrected chi connectivity index (χ3v) is 11.8. The fraction of sp³-hybridized carbons (Fsp3) is 0.562. The fourth-order valence-corrected chi connectivity index (χ4v) is 8.63. The fourth-order valence-electron chi connectivity index (χ4n) is 8.63. The van der Waals surface area contributed by atoms with Crippen molar-refractivity contribution in [2.75, 3.05) is 39.3 Å². The maximum absolute atomic E-state index is 14.2. The monoisotopic (exact) mass is 945 g/mol. The molecular formula is C48H67N9O11. The van der Waals surface area contributed by atoms with Crippen LogP contribution in [0.3, 0.4) is 0 Å². The van der Waals surface area contributed by atoms with E-state index in [9.17, 15) is 43.5 Å². The lowest BCUT2D eigenvalue weighted by molar-refractivity contribution is -0.150. The Hall–Kier alpha value is -6.57. The van der Waals surface area contributed by atoms with Crippen LogP contribution in [0.15, 0.2) is 65.7 Å². The number of nitrogens with one attached hydrogen (secondary N) is 4. The Morgan fingerprint density at radius 1 is 0.750 bits per heavy atom. The number of carbonyl (C=O) groups excluding carboxylic acids is 7. The number of hydrogen-bond acceptors (Lipinski definition) is 11. The van der Waals surface area contributed by atoms with E-state index in [4.69, 9.17) is 15.2 Å². The number of aliphatic carboxylic acids is 1. The molecule has 3 saturated heterocycles. The maximum atomic E-state index is 14.2. The van der Waals surface area contributed by atoms with E-state index in [1.807, 2.05) is 30.3 Å². The van der Waals surface area contributed by atoms with Crippen molar-refractivity contribution < 1.29 is 52.9 Å². The second kappa shape index (κ2) is 25.0. The number of benzene rings is 2. The average Bonchev–Trinajstić information content (AvgIpc) is 4.10. The van der Waals surface area contributed by atoms with Gasteiger partial charge in [-0.15, -0.1) is 0 Å². The van der Waals surface area contributed by atoms with Gasteiger partial charge in [-0.1, -0.05) is 60.7 Å². The lowest BCUT2D eigenvalue weighted by Gasteiger charge is -2.33. The molecule has 0 spiro atoms. The highest BCUT2D eigenvalue weighted by atomic mass is 16.6. The summed E-state index contributed by atoms with van der Waals surface area (Å²) in [5.74, 6) is -4.32. The van der Waals surface area contributed by atoms with Crippen molar-refractivity contribution in [1.29, 1.82) is 0 Å². The molecule has 3 heterocycles. The smallest absolute Gasteiger partial charge is 0.408 e. The Kier molecular flexibility index (Phi) is 19.3. The average molecular weight is 946 g/mol. The van der Waals surface area contributed by atoms with Crippen molar-refractivity contribution in [2.24, 2.45) is 10.7 Å². The first kappa shape index (κ1) is 52.4. The van der Waals surface area contributed by atoms with Crippen LogP contribution in [0.5, 0.6) is 0 Å². The molecule has 0 bridgehead atoms. The van der Waals surface area contributed by atoms with Crippen LogP contribution >= 0.6 is 0 Å². The van der Waals surface area contributed by atoms with Gasteiger partial charge >= 0.3 is 12.1 Å². The van der Waals surface area contributed by atoms with Crippen LogP contribution in [0.4, 0.5) is 4.79 Å². The molecule has 370 valence electrons. The molecule has 20 nitrogen and oxygen atoms in total.